The van der Waals surface area contributed by atoms with Crippen LogP contribution < -0.4 is 5.32 Å². The molecule has 0 aromatic carbocycles. The molecule has 1 rings (SSSR count). The van der Waals surface area contributed by atoms with Crippen molar-refractivity contribution in [1.82, 2.24) is 15.1 Å². The second kappa shape index (κ2) is 5.50. The minimum Gasteiger partial charge on any atom is -0.468 e. The van der Waals surface area contributed by atoms with Crippen LogP contribution in [0.1, 0.15) is 12.5 Å². The van der Waals surface area contributed by atoms with Crippen LogP contribution in [0.15, 0.2) is 12.4 Å². The van der Waals surface area contributed by atoms with Gasteiger partial charge in [-0.05, 0) is 18.9 Å². The van der Waals surface area contributed by atoms with Gasteiger partial charge in [-0.15, -0.1) is 0 Å². The Labute approximate surface area is 89.4 Å². The van der Waals surface area contributed by atoms with E-state index in [9.17, 15) is 4.79 Å². The van der Waals surface area contributed by atoms with E-state index in [4.69, 9.17) is 0 Å². The Balaban J connectivity index is 2.24. The average Bonchev–Trinajstić information content (AvgIpc) is 2.63. The summed E-state index contributed by atoms with van der Waals surface area (Å²) in [6.45, 7) is 2.52. The smallest absolute Gasteiger partial charge is 0.322 e. The lowest BCUT2D eigenvalue weighted by atomic mass is 10.2. The van der Waals surface area contributed by atoms with Gasteiger partial charge in [-0.3, -0.25) is 9.48 Å². The predicted molar refractivity (Wildman–Crippen MR) is 56.4 cm³/mol. The highest BCUT2D eigenvalue weighted by Gasteiger charge is 2.11. The molecule has 1 heterocycles. The van der Waals surface area contributed by atoms with Crippen LogP contribution in [0.3, 0.4) is 0 Å². The normalized spacial score (nSPS) is 12.5. The van der Waals surface area contributed by atoms with Gasteiger partial charge in [0.2, 0.25) is 0 Å². The molecule has 1 unspecified atom stereocenters. The Morgan fingerprint density at radius 3 is 3.00 bits per heavy atom. The number of hydrogen-bond donors (Lipinski definition) is 1. The number of carbonyl (C=O) groups is 1. The van der Waals surface area contributed by atoms with Crippen molar-refractivity contribution in [3.63, 3.8) is 0 Å². The fourth-order valence-electron chi connectivity index (χ4n) is 1.29. The van der Waals surface area contributed by atoms with E-state index in [0.29, 0.717) is 0 Å². The maximum atomic E-state index is 11.1. The summed E-state index contributed by atoms with van der Waals surface area (Å²) in [5.74, 6) is -0.235. The van der Waals surface area contributed by atoms with E-state index in [-0.39, 0.29) is 12.0 Å². The summed E-state index contributed by atoms with van der Waals surface area (Å²) < 4.78 is 6.36. The summed E-state index contributed by atoms with van der Waals surface area (Å²) in [6, 6.07) is -0.258. The summed E-state index contributed by atoms with van der Waals surface area (Å²) in [6.07, 6.45) is 4.64. The molecule has 0 bridgehead atoms. The standard InChI is InChI=1S/C10H17N3O2/c1-8(10(14)15-3)11-5-4-9-6-12-13(2)7-9/h6-8,11H,4-5H2,1-3H3. The Morgan fingerprint density at radius 1 is 1.73 bits per heavy atom. The third-order valence-electron chi connectivity index (χ3n) is 2.18. The number of carbonyl (C=O) groups excluding carboxylic acids is 1. The summed E-state index contributed by atoms with van der Waals surface area (Å²) in [4.78, 5) is 11.1. The summed E-state index contributed by atoms with van der Waals surface area (Å²) in [7, 11) is 3.27. The lowest BCUT2D eigenvalue weighted by Crippen LogP contribution is -2.35. The molecule has 0 amide bonds. The SMILES string of the molecule is COC(=O)C(C)NCCc1cnn(C)c1. The van der Waals surface area contributed by atoms with Gasteiger partial charge in [-0.1, -0.05) is 0 Å². The summed E-state index contributed by atoms with van der Waals surface area (Å²) in [5.41, 5.74) is 1.15. The molecule has 1 N–H and O–H groups in total. The molecule has 0 aliphatic rings. The van der Waals surface area contributed by atoms with Crippen LogP contribution in [0.4, 0.5) is 0 Å². The Morgan fingerprint density at radius 2 is 2.47 bits per heavy atom. The second-order valence-corrected chi connectivity index (χ2v) is 3.47. The van der Waals surface area contributed by atoms with Gasteiger partial charge in [0.05, 0.1) is 13.3 Å². The van der Waals surface area contributed by atoms with Gasteiger partial charge in [0.25, 0.3) is 0 Å². The van der Waals surface area contributed by atoms with Crippen LogP contribution in [0.5, 0.6) is 0 Å². The van der Waals surface area contributed by atoms with E-state index >= 15 is 0 Å². The molecule has 15 heavy (non-hydrogen) atoms. The van der Waals surface area contributed by atoms with Crippen molar-refractivity contribution in [2.75, 3.05) is 13.7 Å². The van der Waals surface area contributed by atoms with Crippen molar-refractivity contribution >= 4 is 5.97 Å². The number of nitrogens with zero attached hydrogens (tertiary/aromatic N) is 2. The minimum atomic E-state index is -0.258. The molecule has 84 valence electrons. The first-order chi connectivity index (χ1) is 7.13. The molecular weight excluding hydrogens is 194 g/mol. The van der Waals surface area contributed by atoms with Gasteiger partial charge in [0.15, 0.2) is 0 Å². The van der Waals surface area contributed by atoms with Gasteiger partial charge in [0, 0.05) is 19.8 Å². The lowest BCUT2D eigenvalue weighted by molar-refractivity contribution is -0.142. The number of hydrogen-bond acceptors (Lipinski definition) is 4. The number of ether oxygens (including phenoxy) is 1. The first-order valence-electron chi connectivity index (χ1n) is 4.92. The van der Waals surface area contributed by atoms with E-state index in [1.54, 1.807) is 11.6 Å². The van der Waals surface area contributed by atoms with Crippen LogP contribution in [0, 0.1) is 0 Å². The quantitative estimate of drug-likeness (QED) is 0.702. The van der Waals surface area contributed by atoms with E-state index in [2.05, 4.69) is 15.2 Å². The average molecular weight is 211 g/mol. The van der Waals surface area contributed by atoms with Crippen molar-refractivity contribution < 1.29 is 9.53 Å². The molecule has 1 aromatic rings. The van der Waals surface area contributed by atoms with E-state index in [1.807, 2.05) is 19.4 Å². The number of esters is 1. The van der Waals surface area contributed by atoms with Crippen LogP contribution >= 0.6 is 0 Å². The molecule has 0 aliphatic carbocycles. The van der Waals surface area contributed by atoms with Gasteiger partial charge in [-0.2, -0.15) is 5.10 Å². The summed E-state index contributed by atoms with van der Waals surface area (Å²) >= 11 is 0. The second-order valence-electron chi connectivity index (χ2n) is 3.47. The van der Waals surface area contributed by atoms with Crippen LogP contribution in [0.2, 0.25) is 0 Å². The van der Waals surface area contributed by atoms with Crippen molar-refractivity contribution in [2.45, 2.75) is 19.4 Å². The first-order valence-corrected chi connectivity index (χ1v) is 4.92. The molecule has 0 fully saturated rings. The molecule has 0 saturated carbocycles. The minimum absolute atomic E-state index is 0.235. The highest BCUT2D eigenvalue weighted by atomic mass is 16.5. The number of aromatic nitrogens is 2. The first kappa shape index (κ1) is 11.7. The number of aryl methyl sites for hydroxylation is 1. The Bertz CT molecular complexity index is 322. The molecule has 5 heteroatoms. The highest BCUT2D eigenvalue weighted by Crippen LogP contribution is 1.96. The molecule has 0 radical (unpaired) electrons. The zero-order chi connectivity index (χ0) is 11.3. The van der Waals surface area contributed by atoms with Crippen LogP contribution in [-0.2, 0) is 23.0 Å². The maximum Gasteiger partial charge on any atom is 0.322 e. The maximum absolute atomic E-state index is 11.1. The van der Waals surface area contributed by atoms with Crippen molar-refractivity contribution in [3.8, 4) is 0 Å². The van der Waals surface area contributed by atoms with Crippen molar-refractivity contribution in [2.24, 2.45) is 7.05 Å². The van der Waals surface area contributed by atoms with E-state index < -0.39 is 0 Å². The van der Waals surface area contributed by atoms with Crippen LogP contribution in [0.25, 0.3) is 0 Å². The van der Waals surface area contributed by atoms with Gasteiger partial charge < -0.3 is 10.1 Å². The Kier molecular flexibility index (Phi) is 4.30. The molecule has 1 atom stereocenters. The van der Waals surface area contributed by atoms with Gasteiger partial charge in [-0.25, -0.2) is 0 Å². The zero-order valence-electron chi connectivity index (χ0n) is 9.36. The van der Waals surface area contributed by atoms with Gasteiger partial charge in [0.1, 0.15) is 6.04 Å². The number of methoxy groups -OCH3 is 1. The Hall–Kier alpha value is -1.36. The van der Waals surface area contributed by atoms with E-state index in [0.717, 1.165) is 18.5 Å². The third kappa shape index (κ3) is 3.71. The topological polar surface area (TPSA) is 56.1 Å². The number of rotatable bonds is 5. The molecule has 0 aliphatic heterocycles. The zero-order valence-corrected chi connectivity index (χ0v) is 9.36. The fourth-order valence-corrected chi connectivity index (χ4v) is 1.29. The van der Waals surface area contributed by atoms with Crippen LogP contribution in [-0.4, -0.2) is 35.4 Å². The lowest BCUT2D eigenvalue weighted by Gasteiger charge is -2.10. The van der Waals surface area contributed by atoms with Crippen molar-refractivity contribution in [3.05, 3.63) is 18.0 Å². The molecule has 0 saturated heterocycles. The molecule has 1 aromatic heterocycles. The molecular formula is C10H17N3O2. The van der Waals surface area contributed by atoms with E-state index in [1.165, 1.54) is 7.11 Å². The predicted octanol–water partition coefficient (Wildman–Crippen LogP) is 0.114. The monoisotopic (exact) mass is 211 g/mol. The largest absolute Gasteiger partial charge is 0.468 e. The number of nitrogens with one attached hydrogen (secondary N) is 1. The molecule has 0 spiro atoms. The van der Waals surface area contributed by atoms with Crippen molar-refractivity contribution in [1.29, 1.82) is 0 Å². The summed E-state index contributed by atoms with van der Waals surface area (Å²) in [5, 5.41) is 7.14. The molecule has 5 nitrogen and oxygen atoms in total. The highest BCUT2D eigenvalue weighted by molar-refractivity contribution is 5.75. The third-order valence-corrected chi connectivity index (χ3v) is 2.18. The van der Waals surface area contributed by atoms with Gasteiger partial charge >= 0.3 is 5.97 Å². The fraction of sp³-hybridized carbons (Fsp3) is 0.600.